The first-order valence-corrected chi connectivity index (χ1v) is 7.73. The van der Waals surface area contributed by atoms with Gasteiger partial charge in [-0.3, -0.25) is 4.79 Å². The van der Waals surface area contributed by atoms with Crippen LogP contribution in [0.4, 0.5) is 0 Å². The molecule has 108 valence electrons. The number of aromatic nitrogens is 2. The predicted molar refractivity (Wildman–Crippen MR) is 79.3 cm³/mol. The van der Waals surface area contributed by atoms with E-state index in [0.29, 0.717) is 12.1 Å². The zero-order valence-electron chi connectivity index (χ0n) is 11.7. The SMILES string of the molecule is Cc1ccn(Cc2csc([C@H]3CCCO3)n2)c(=O)c1C#N. The second-order valence-electron chi connectivity index (χ2n) is 5.10. The number of hydrogen-bond donors (Lipinski definition) is 0. The van der Waals surface area contributed by atoms with E-state index in [1.165, 1.54) is 4.57 Å². The average molecular weight is 301 g/mol. The summed E-state index contributed by atoms with van der Waals surface area (Å²) in [4.78, 5) is 16.7. The summed E-state index contributed by atoms with van der Waals surface area (Å²) >= 11 is 1.57. The molecule has 1 atom stereocenters. The molecular weight excluding hydrogens is 286 g/mol. The molecule has 0 bridgehead atoms. The summed E-state index contributed by atoms with van der Waals surface area (Å²) in [6.45, 7) is 2.95. The molecule has 0 aliphatic carbocycles. The van der Waals surface area contributed by atoms with Gasteiger partial charge < -0.3 is 9.30 Å². The first-order valence-electron chi connectivity index (χ1n) is 6.85. The van der Waals surface area contributed by atoms with Crippen LogP contribution < -0.4 is 5.56 Å². The first-order chi connectivity index (χ1) is 10.2. The second-order valence-corrected chi connectivity index (χ2v) is 5.99. The molecule has 1 saturated heterocycles. The Bertz CT molecular complexity index is 751. The Hall–Kier alpha value is -1.97. The Balaban J connectivity index is 1.84. The van der Waals surface area contributed by atoms with Crippen LogP contribution in [0.2, 0.25) is 0 Å². The maximum Gasteiger partial charge on any atom is 0.269 e. The molecule has 6 heteroatoms. The molecule has 0 radical (unpaired) electrons. The fourth-order valence-electron chi connectivity index (χ4n) is 2.42. The summed E-state index contributed by atoms with van der Waals surface area (Å²) < 4.78 is 7.14. The van der Waals surface area contributed by atoms with Crippen molar-refractivity contribution in [2.75, 3.05) is 6.61 Å². The number of nitriles is 1. The van der Waals surface area contributed by atoms with Crippen LogP contribution in [-0.4, -0.2) is 16.2 Å². The van der Waals surface area contributed by atoms with Crippen molar-refractivity contribution in [3.05, 3.63) is 49.8 Å². The highest BCUT2D eigenvalue weighted by atomic mass is 32.1. The second kappa shape index (κ2) is 5.80. The maximum absolute atomic E-state index is 12.2. The molecule has 0 aromatic carbocycles. The molecule has 0 unspecified atom stereocenters. The van der Waals surface area contributed by atoms with E-state index in [4.69, 9.17) is 10.00 Å². The number of pyridine rings is 1. The Kier molecular flexibility index (Phi) is 3.86. The molecular formula is C15H15N3O2S. The third kappa shape index (κ3) is 2.75. The first kappa shape index (κ1) is 14.0. The van der Waals surface area contributed by atoms with E-state index in [-0.39, 0.29) is 17.2 Å². The molecule has 3 heterocycles. The molecule has 2 aromatic rings. The summed E-state index contributed by atoms with van der Waals surface area (Å²) in [6.07, 6.45) is 3.90. The van der Waals surface area contributed by atoms with Gasteiger partial charge in [-0.15, -0.1) is 11.3 Å². The van der Waals surface area contributed by atoms with Crippen molar-refractivity contribution in [2.45, 2.75) is 32.4 Å². The van der Waals surface area contributed by atoms with E-state index in [2.05, 4.69) is 4.98 Å². The molecule has 0 spiro atoms. The van der Waals surface area contributed by atoms with Crippen molar-refractivity contribution in [3.63, 3.8) is 0 Å². The Labute approximate surface area is 126 Å². The molecule has 0 saturated carbocycles. The van der Waals surface area contributed by atoms with Crippen molar-refractivity contribution < 1.29 is 4.74 Å². The summed E-state index contributed by atoms with van der Waals surface area (Å²) in [6, 6.07) is 3.75. The molecule has 5 nitrogen and oxygen atoms in total. The quantitative estimate of drug-likeness (QED) is 0.873. The van der Waals surface area contributed by atoms with Crippen LogP contribution in [0.5, 0.6) is 0 Å². The van der Waals surface area contributed by atoms with Gasteiger partial charge in [0.05, 0.1) is 12.2 Å². The van der Waals surface area contributed by atoms with Crippen molar-refractivity contribution in [1.82, 2.24) is 9.55 Å². The minimum Gasteiger partial charge on any atom is -0.371 e. The van der Waals surface area contributed by atoms with Crippen molar-refractivity contribution in [1.29, 1.82) is 5.26 Å². The van der Waals surface area contributed by atoms with Gasteiger partial charge in [-0.1, -0.05) is 0 Å². The van der Waals surface area contributed by atoms with E-state index in [9.17, 15) is 4.79 Å². The van der Waals surface area contributed by atoms with Gasteiger partial charge in [0.1, 0.15) is 22.7 Å². The van der Waals surface area contributed by atoms with Gasteiger partial charge in [0.25, 0.3) is 5.56 Å². The summed E-state index contributed by atoms with van der Waals surface area (Å²) in [5.74, 6) is 0. The lowest BCUT2D eigenvalue weighted by molar-refractivity contribution is 0.111. The zero-order valence-corrected chi connectivity index (χ0v) is 12.5. The number of ether oxygens (including phenoxy) is 1. The lowest BCUT2D eigenvalue weighted by Gasteiger charge is -2.06. The smallest absolute Gasteiger partial charge is 0.269 e. The molecule has 0 amide bonds. The van der Waals surface area contributed by atoms with E-state index < -0.39 is 0 Å². The molecule has 1 fully saturated rings. The molecule has 1 aliphatic rings. The van der Waals surface area contributed by atoms with E-state index in [1.807, 2.05) is 11.4 Å². The Morgan fingerprint density at radius 3 is 3.19 bits per heavy atom. The van der Waals surface area contributed by atoms with Gasteiger partial charge in [0.2, 0.25) is 0 Å². The number of thiazole rings is 1. The predicted octanol–water partition coefficient (Wildman–Crippen LogP) is 2.38. The molecule has 3 rings (SSSR count). The van der Waals surface area contributed by atoms with Gasteiger partial charge in [-0.2, -0.15) is 5.26 Å². The van der Waals surface area contributed by atoms with Gasteiger partial charge in [-0.25, -0.2) is 4.98 Å². The third-order valence-corrected chi connectivity index (χ3v) is 4.58. The fraction of sp³-hybridized carbons (Fsp3) is 0.400. The van der Waals surface area contributed by atoms with Gasteiger partial charge >= 0.3 is 0 Å². The van der Waals surface area contributed by atoms with E-state index >= 15 is 0 Å². The van der Waals surface area contributed by atoms with Crippen LogP contribution in [0.3, 0.4) is 0 Å². The molecule has 1 aliphatic heterocycles. The topological polar surface area (TPSA) is 67.9 Å². The number of rotatable bonds is 3. The summed E-state index contributed by atoms with van der Waals surface area (Å²) in [5.41, 5.74) is 1.48. The van der Waals surface area contributed by atoms with Gasteiger partial charge in [0, 0.05) is 18.2 Å². The molecule has 21 heavy (non-hydrogen) atoms. The minimum atomic E-state index is -0.260. The molecule has 2 aromatic heterocycles. The average Bonchev–Trinajstić information content (AvgIpc) is 3.13. The standard InChI is InChI=1S/C15H15N3O2S/c1-10-4-5-18(15(19)12(10)7-16)8-11-9-21-14(17-11)13-3-2-6-20-13/h4-5,9,13H,2-3,6,8H2,1H3/t13-/m1/s1. The zero-order chi connectivity index (χ0) is 14.8. The number of hydrogen-bond acceptors (Lipinski definition) is 5. The number of aryl methyl sites for hydroxylation is 1. The third-order valence-electron chi connectivity index (χ3n) is 3.59. The molecule has 0 N–H and O–H groups in total. The van der Waals surface area contributed by atoms with Crippen LogP contribution >= 0.6 is 11.3 Å². The van der Waals surface area contributed by atoms with Gasteiger partial charge in [-0.05, 0) is 31.4 Å². The van der Waals surface area contributed by atoms with E-state index in [0.717, 1.165) is 30.2 Å². The number of nitrogens with zero attached hydrogens (tertiary/aromatic N) is 3. The van der Waals surface area contributed by atoms with Crippen LogP contribution in [0.15, 0.2) is 22.4 Å². The maximum atomic E-state index is 12.2. The monoisotopic (exact) mass is 301 g/mol. The highest BCUT2D eigenvalue weighted by Crippen LogP contribution is 2.30. The van der Waals surface area contributed by atoms with E-state index in [1.54, 1.807) is 30.5 Å². The van der Waals surface area contributed by atoms with Crippen LogP contribution in [-0.2, 0) is 11.3 Å². The van der Waals surface area contributed by atoms with Gasteiger partial charge in [0.15, 0.2) is 0 Å². The van der Waals surface area contributed by atoms with Crippen LogP contribution in [0.25, 0.3) is 0 Å². The van der Waals surface area contributed by atoms with Crippen LogP contribution in [0, 0.1) is 18.3 Å². The highest BCUT2D eigenvalue weighted by Gasteiger charge is 2.21. The van der Waals surface area contributed by atoms with Crippen LogP contribution in [0.1, 0.15) is 40.8 Å². The normalized spacial score (nSPS) is 17.8. The Morgan fingerprint density at radius 1 is 1.62 bits per heavy atom. The minimum absolute atomic E-state index is 0.105. The van der Waals surface area contributed by atoms with Crippen molar-refractivity contribution >= 4 is 11.3 Å². The largest absolute Gasteiger partial charge is 0.371 e. The summed E-state index contributed by atoms with van der Waals surface area (Å²) in [7, 11) is 0. The van der Waals surface area contributed by atoms with Crippen molar-refractivity contribution in [2.24, 2.45) is 0 Å². The highest BCUT2D eigenvalue weighted by molar-refractivity contribution is 7.09. The lowest BCUT2D eigenvalue weighted by atomic mass is 10.2. The Morgan fingerprint density at radius 2 is 2.48 bits per heavy atom. The van der Waals surface area contributed by atoms with Crippen molar-refractivity contribution in [3.8, 4) is 6.07 Å². The lowest BCUT2D eigenvalue weighted by Crippen LogP contribution is -2.23. The summed E-state index contributed by atoms with van der Waals surface area (Å²) in [5, 5.41) is 12.0. The fourth-order valence-corrected chi connectivity index (χ4v) is 3.31.